The predicted molar refractivity (Wildman–Crippen MR) is 398 cm³/mol. The van der Waals surface area contributed by atoms with Crippen LogP contribution in [-0.4, -0.2) is 251 Å². The number of halogens is 3. The Kier molecular flexibility index (Phi) is 21.6. The SMILES string of the molecule is [2H]C([2H])(CO)O[C@H]1C[C@@H](n2nnc3c(N[C@]4([2H])C[C@@]4([2H])c4ccc(C)c(F)c4)nc(SCCC)nc32)[C@H](O)[C@@H]1O.[2H]C([2H])(O)CO[C@H]1C[C@@H](n2nnc3c(N[C@]4([2H])C[C@@]4([2H])c4ccc(C)c(F)c4)nc(SCCC)nc32)[C@H](O)[C@@H]1O.[2H][C@@]1(Nc2nc(SCCC)nc3c2nnn3[C@@H]2C[C@H](OCCO)[C@@H](O)[C@H]2O)C[C@@]1([2H])c1ccc(C)c(F)c1. The third kappa shape index (κ3) is 17.5. The summed E-state index contributed by atoms with van der Waals surface area (Å²) in [5.74, 6) is -2.90. The van der Waals surface area contributed by atoms with Gasteiger partial charge in [-0.1, -0.05) is 108 Å². The third-order valence-corrected chi connectivity index (χ3v) is 22.3. The van der Waals surface area contributed by atoms with E-state index in [0.717, 1.165) is 25.0 Å². The van der Waals surface area contributed by atoms with E-state index in [1.807, 2.05) is 20.8 Å². The number of aryl methyl sites for hydroxylation is 3. The summed E-state index contributed by atoms with van der Waals surface area (Å²) in [6.07, 6.45) is -7.73. The van der Waals surface area contributed by atoms with Crippen LogP contribution in [0.25, 0.3) is 33.5 Å². The number of thioether (sulfide) groups is 3. The van der Waals surface area contributed by atoms with Gasteiger partial charge in [0, 0.05) is 76.4 Å². The van der Waals surface area contributed by atoms with Crippen LogP contribution in [0.1, 0.15) is 161 Å². The number of hydrogen-bond acceptors (Lipinski definition) is 30. The van der Waals surface area contributed by atoms with E-state index < -0.39 is 153 Å². The molecule has 6 aromatic heterocycles. The lowest BCUT2D eigenvalue weighted by Gasteiger charge is -2.17. The van der Waals surface area contributed by atoms with Gasteiger partial charge in [-0.2, -0.15) is 0 Å². The van der Waals surface area contributed by atoms with E-state index in [1.165, 1.54) is 67.5 Å². The van der Waals surface area contributed by atoms with Crippen molar-refractivity contribution in [3.8, 4) is 0 Å². The molecule has 6 aliphatic carbocycles. The van der Waals surface area contributed by atoms with Gasteiger partial charge in [0.15, 0.2) is 66.4 Å². The highest BCUT2D eigenvalue weighted by molar-refractivity contribution is 7.99. The quantitative estimate of drug-likeness (QED) is 0.0168. The molecule has 108 heavy (non-hydrogen) atoms. The van der Waals surface area contributed by atoms with Crippen LogP contribution in [0.4, 0.5) is 30.6 Å². The molecule has 0 radical (unpaired) electrons. The van der Waals surface area contributed by atoms with Crippen molar-refractivity contribution in [1.29, 1.82) is 0 Å². The van der Waals surface area contributed by atoms with E-state index in [0.29, 0.717) is 66.0 Å². The molecule has 0 spiro atoms. The number of fused-ring (bicyclic) bond motifs is 3. The minimum absolute atomic E-state index is 0.0264. The first-order chi connectivity index (χ1) is 55.7. The average molecular weight is 1570 g/mol. The fraction of sp³-hybridized carbons (Fsp3) is 0.583. The molecule has 0 amide bonds. The molecule has 12 N–H and O–H groups in total. The van der Waals surface area contributed by atoms with Crippen LogP contribution in [-0.2, 0) is 14.2 Å². The van der Waals surface area contributed by atoms with Gasteiger partial charge >= 0.3 is 0 Å². The Morgan fingerprint density at radius 1 is 0.454 bits per heavy atom. The van der Waals surface area contributed by atoms with E-state index >= 15 is 0 Å². The maximum Gasteiger partial charge on any atom is 0.191 e. The lowest BCUT2D eigenvalue weighted by atomic mass is 10.1. The smallest absolute Gasteiger partial charge is 0.191 e. The predicted octanol–water partition coefficient (Wildman–Crippen LogP) is 6.55. The van der Waals surface area contributed by atoms with Gasteiger partial charge in [-0.25, -0.2) is 57.1 Å². The van der Waals surface area contributed by atoms with Gasteiger partial charge in [0.25, 0.3) is 0 Å². The average Bonchev–Trinajstić information content (AvgIpc) is 1.55. The maximum atomic E-state index is 14.3. The molecule has 9 aromatic rings. The first-order valence-corrected chi connectivity index (χ1v) is 38.5. The fourth-order valence-electron chi connectivity index (χ4n) is 13.1. The van der Waals surface area contributed by atoms with E-state index in [4.69, 9.17) is 33.0 Å². The number of aromatic nitrogens is 15. The number of aliphatic hydroxyl groups excluding tert-OH is 8. The zero-order valence-electron chi connectivity index (χ0n) is 69.8. The lowest BCUT2D eigenvalue weighted by Crippen LogP contribution is -2.33. The maximum absolute atomic E-state index is 14.3. The molecule has 3 aromatic carbocycles. The van der Waals surface area contributed by atoms with Gasteiger partial charge in [-0.15, -0.1) is 15.3 Å². The standard InChI is InChI=1S/3C24H31FN6O4S/c3*1-3-8-36-24-27-22(26-16-10-14(16)13-5-4-12(2)15(25)9-13)19-23(28-24)31(30-29-19)17-11-18(35-7-6-32)21(34)20(17)33/h3*4-5,9,14,16-18,20-21,32-34H,3,6-8,10-11H2,1-2H3,(H,26,27,28)/t3*14-,16+,17+,18-,20-,21+/m000/s1/i7D2,14D,16D;6D2,14D,16D;14D,16D. The third-order valence-electron chi connectivity index (χ3n) is 19.2. The van der Waals surface area contributed by atoms with Crippen LogP contribution in [0.5, 0.6) is 0 Å². The van der Waals surface area contributed by atoms with Crippen LogP contribution in [0.2, 0.25) is 0 Å². The summed E-state index contributed by atoms with van der Waals surface area (Å²) in [6.45, 7) is 4.11. The molecular weight excluding hydrogens is 1460 g/mol. The van der Waals surface area contributed by atoms with Gasteiger partial charge in [-0.3, -0.25) is 0 Å². The van der Waals surface area contributed by atoms with Crippen molar-refractivity contribution >= 4 is 86.2 Å². The van der Waals surface area contributed by atoms with E-state index in [9.17, 15) is 54.0 Å². The van der Waals surface area contributed by atoms with Crippen molar-refractivity contribution in [2.75, 3.05) is 72.8 Å². The van der Waals surface area contributed by atoms with E-state index in [2.05, 4.69) is 76.8 Å². The zero-order valence-corrected chi connectivity index (χ0v) is 62.2. The largest absolute Gasteiger partial charge is 0.394 e. The summed E-state index contributed by atoms with van der Waals surface area (Å²) in [7, 11) is 0. The second-order valence-electron chi connectivity index (χ2n) is 26.8. The highest BCUT2D eigenvalue weighted by atomic mass is 32.2. The van der Waals surface area contributed by atoms with Crippen molar-refractivity contribution in [2.45, 2.75) is 224 Å². The number of ether oxygens (including phenoxy) is 3. The van der Waals surface area contributed by atoms with Crippen LogP contribution < -0.4 is 16.0 Å². The number of aliphatic hydroxyl groups is 9. The summed E-state index contributed by atoms with van der Waals surface area (Å²) in [5.41, 5.74) is 3.86. The molecule has 6 heterocycles. The number of rotatable bonds is 30. The van der Waals surface area contributed by atoms with Crippen molar-refractivity contribution < 1.29 is 87.0 Å². The topological polar surface area (TPSA) is 415 Å². The summed E-state index contributed by atoms with van der Waals surface area (Å²) in [5, 5.41) is 127. The van der Waals surface area contributed by atoms with Gasteiger partial charge in [0.1, 0.15) is 54.1 Å². The van der Waals surface area contributed by atoms with Crippen LogP contribution in [0, 0.1) is 38.2 Å². The number of anilines is 3. The molecule has 0 unspecified atom stereocenters. The molecule has 0 aliphatic heterocycles. The molecular formula is C72H93F3N18O12S3. The fourth-order valence-corrected chi connectivity index (χ4v) is 15.1. The lowest BCUT2D eigenvalue weighted by molar-refractivity contribution is -0.0629. The minimum Gasteiger partial charge on any atom is -0.394 e. The zero-order chi connectivity index (χ0) is 85.3. The van der Waals surface area contributed by atoms with Crippen LogP contribution in [0.3, 0.4) is 0 Å². The van der Waals surface area contributed by atoms with Crippen molar-refractivity contribution in [1.82, 2.24) is 74.9 Å². The normalized spacial score (nSPS) is 33.3. The number of hydrogen-bond donors (Lipinski definition) is 12. The molecule has 36 heteroatoms. The summed E-state index contributed by atoms with van der Waals surface area (Å²) in [6, 6.07) is 6.61. The van der Waals surface area contributed by atoms with Gasteiger partial charge in [0.2, 0.25) is 0 Å². The second-order valence-corrected chi connectivity index (χ2v) is 30.0. The summed E-state index contributed by atoms with van der Waals surface area (Å²) >= 11 is 4.14. The molecule has 15 rings (SSSR count). The van der Waals surface area contributed by atoms with Crippen LogP contribution in [0.15, 0.2) is 70.1 Å². The van der Waals surface area contributed by atoms with Crippen molar-refractivity contribution in [2.24, 2.45) is 0 Å². The van der Waals surface area contributed by atoms with Crippen LogP contribution >= 0.6 is 35.3 Å². The Morgan fingerprint density at radius 3 is 1.07 bits per heavy atom. The van der Waals surface area contributed by atoms with Gasteiger partial charge < -0.3 is 76.1 Å². The molecule has 6 saturated carbocycles. The molecule has 18 atom stereocenters. The second kappa shape index (κ2) is 35.1. The first kappa shape index (κ1) is 66.6. The number of benzene rings is 3. The van der Waals surface area contributed by atoms with E-state index in [-0.39, 0.29) is 97.0 Å². The Morgan fingerprint density at radius 2 is 0.778 bits per heavy atom. The first-order valence-electron chi connectivity index (χ1n) is 40.6. The minimum atomic E-state index is -2.60. The Hall–Kier alpha value is -7.14. The number of nitrogens with one attached hydrogen (secondary N) is 3. The van der Waals surface area contributed by atoms with Crippen molar-refractivity contribution in [3.63, 3.8) is 0 Å². The monoisotopic (exact) mass is 1560 g/mol. The Balaban J connectivity index is 0.000000154. The Bertz CT molecular complexity index is 5150. The highest BCUT2D eigenvalue weighted by Crippen LogP contribution is 2.48. The highest BCUT2D eigenvalue weighted by Gasteiger charge is 2.49. The Labute approximate surface area is 647 Å². The molecule has 6 fully saturated rings. The molecule has 582 valence electrons. The molecule has 30 nitrogen and oxygen atoms in total. The van der Waals surface area contributed by atoms with Crippen molar-refractivity contribution in [3.05, 3.63) is 105 Å². The van der Waals surface area contributed by atoms with E-state index in [1.54, 1.807) is 57.2 Å². The molecule has 0 saturated heterocycles. The molecule has 0 bridgehead atoms. The molecule has 6 aliphatic rings. The summed E-state index contributed by atoms with van der Waals surface area (Å²) in [4.78, 5) is 27.4. The van der Waals surface area contributed by atoms with Gasteiger partial charge in [0.05, 0.1) is 85.6 Å². The number of nitrogens with zero attached hydrogens (tertiary/aromatic N) is 15. The summed E-state index contributed by atoms with van der Waals surface area (Å²) < 4.78 is 146. The van der Waals surface area contributed by atoms with Gasteiger partial charge in [-0.05, 0) is 111 Å².